The molecule has 3 aliphatic rings. The maximum absolute atomic E-state index is 12.0. The molecule has 0 aromatic heterocycles. The molecule has 3 aliphatic heterocycles. The lowest BCUT2D eigenvalue weighted by atomic mass is 9.96. The maximum Gasteiger partial charge on any atom is 0.217 e. The van der Waals surface area contributed by atoms with E-state index in [4.69, 9.17) is 28.4 Å². The van der Waals surface area contributed by atoms with Gasteiger partial charge in [-0.25, -0.2) is 0 Å². The SMILES string of the molecule is CCCCCCCCCCC/C=C/CC/C=C/CC/C=C/C(O)C(COC1OC(CO)C(OC2OC(CO)C(OC3OC(CO)C(O)C(O)C3O)C(O)C2O)C(O)C1O)NC(C)=O. The summed E-state index contributed by atoms with van der Waals surface area (Å²) in [5.74, 6) is -0.469. The van der Waals surface area contributed by atoms with Crippen molar-refractivity contribution in [2.45, 2.75) is 208 Å². The van der Waals surface area contributed by atoms with Gasteiger partial charge in [0.2, 0.25) is 5.91 Å². The molecule has 366 valence electrons. The highest BCUT2D eigenvalue weighted by Crippen LogP contribution is 2.33. The fourth-order valence-electron chi connectivity index (χ4n) is 7.67. The number of aliphatic hydroxyl groups is 11. The second-order valence-corrected chi connectivity index (χ2v) is 16.6. The minimum absolute atomic E-state index is 0.388. The summed E-state index contributed by atoms with van der Waals surface area (Å²) >= 11 is 0. The Labute approximate surface area is 370 Å². The number of hydrogen-bond donors (Lipinski definition) is 12. The van der Waals surface area contributed by atoms with Crippen LogP contribution in [0.25, 0.3) is 0 Å². The standard InChI is InChI=1S/C44H77NO18/c1-3-4-5-6-7-8-9-10-11-12-13-14-15-16-17-18-19-20-21-22-29(50)28(45-27(2)49)26-58-42-38(56)35(53)40(31(24-47)60-42)63-44-39(57)36(54)41(32(25-48)61-44)62-43-37(55)34(52)33(51)30(23-46)59-43/h13-14,17-18,21-22,28-44,46-48,50-57H,3-12,15-16,19-20,23-26H2,1-2H3,(H,45,49)/b14-13+,18-17+,22-21+. The van der Waals surface area contributed by atoms with Crippen molar-refractivity contribution in [2.24, 2.45) is 0 Å². The Morgan fingerprint density at radius 3 is 1.49 bits per heavy atom. The van der Waals surface area contributed by atoms with E-state index >= 15 is 0 Å². The van der Waals surface area contributed by atoms with Crippen LogP contribution in [0.2, 0.25) is 0 Å². The predicted molar refractivity (Wildman–Crippen MR) is 226 cm³/mol. The lowest BCUT2D eigenvalue weighted by molar-refractivity contribution is -0.379. The van der Waals surface area contributed by atoms with Gasteiger partial charge in [-0.3, -0.25) is 4.79 Å². The van der Waals surface area contributed by atoms with Gasteiger partial charge in [0.15, 0.2) is 18.9 Å². The van der Waals surface area contributed by atoms with Crippen LogP contribution >= 0.6 is 0 Å². The summed E-state index contributed by atoms with van der Waals surface area (Å²) in [5.41, 5.74) is 0. The second kappa shape index (κ2) is 30.3. The number of hydrogen-bond acceptors (Lipinski definition) is 18. The van der Waals surface area contributed by atoms with Gasteiger partial charge in [0, 0.05) is 6.92 Å². The molecule has 0 aliphatic carbocycles. The molecule has 19 heteroatoms. The second-order valence-electron chi connectivity index (χ2n) is 16.6. The highest BCUT2D eigenvalue weighted by molar-refractivity contribution is 5.73. The van der Waals surface area contributed by atoms with Crippen molar-refractivity contribution in [2.75, 3.05) is 26.4 Å². The summed E-state index contributed by atoms with van der Waals surface area (Å²) < 4.78 is 33.5. The van der Waals surface area contributed by atoms with E-state index in [9.17, 15) is 61.0 Å². The molecule has 0 radical (unpaired) electrons. The van der Waals surface area contributed by atoms with Crippen LogP contribution in [0.5, 0.6) is 0 Å². The molecule has 3 fully saturated rings. The third-order valence-electron chi connectivity index (χ3n) is 11.5. The lowest BCUT2D eigenvalue weighted by Crippen LogP contribution is -2.66. The van der Waals surface area contributed by atoms with E-state index in [0.29, 0.717) is 6.42 Å². The summed E-state index contributed by atoms with van der Waals surface area (Å²) in [7, 11) is 0. The highest BCUT2D eigenvalue weighted by atomic mass is 16.8. The molecule has 0 aromatic rings. The van der Waals surface area contributed by atoms with Crippen LogP contribution in [0.15, 0.2) is 36.5 Å². The fraction of sp³-hybridized carbons (Fsp3) is 0.841. The van der Waals surface area contributed by atoms with Gasteiger partial charge >= 0.3 is 0 Å². The number of carbonyl (C=O) groups is 1. The van der Waals surface area contributed by atoms with Crippen LogP contribution in [-0.2, 0) is 33.2 Å². The molecule has 0 saturated carbocycles. The maximum atomic E-state index is 12.0. The third kappa shape index (κ3) is 18.0. The molecule has 3 heterocycles. The Balaban J connectivity index is 1.44. The van der Waals surface area contributed by atoms with Gasteiger partial charge in [0.1, 0.15) is 73.2 Å². The Hall–Kier alpha value is -1.99. The van der Waals surface area contributed by atoms with Crippen molar-refractivity contribution in [1.82, 2.24) is 5.32 Å². The molecule has 0 spiro atoms. The van der Waals surface area contributed by atoms with Crippen molar-refractivity contribution in [3.63, 3.8) is 0 Å². The average molecular weight is 908 g/mol. The van der Waals surface area contributed by atoms with Gasteiger partial charge in [-0.2, -0.15) is 0 Å². The van der Waals surface area contributed by atoms with E-state index in [2.05, 4.69) is 36.5 Å². The number of aliphatic hydroxyl groups excluding tert-OH is 11. The summed E-state index contributed by atoms with van der Waals surface area (Å²) in [4.78, 5) is 12.0. The Kier molecular flexibility index (Phi) is 26.6. The molecule has 3 saturated heterocycles. The topological polar surface area (TPSA) is 307 Å². The molecule has 0 aromatic carbocycles. The minimum Gasteiger partial charge on any atom is -0.394 e. The normalized spacial score (nSPS) is 35.2. The summed E-state index contributed by atoms with van der Waals surface area (Å²) in [6, 6.07) is -0.994. The van der Waals surface area contributed by atoms with Gasteiger partial charge in [0.25, 0.3) is 0 Å². The predicted octanol–water partition coefficient (Wildman–Crippen LogP) is -0.533. The Morgan fingerprint density at radius 1 is 0.556 bits per heavy atom. The zero-order chi connectivity index (χ0) is 46.3. The first kappa shape index (κ1) is 55.3. The summed E-state index contributed by atoms with van der Waals surface area (Å²) in [6.07, 6.45) is 1.46. The van der Waals surface area contributed by atoms with E-state index in [-0.39, 0.29) is 6.61 Å². The van der Waals surface area contributed by atoms with Gasteiger partial charge in [-0.1, -0.05) is 94.7 Å². The largest absolute Gasteiger partial charge is 0.394 e. The van der Waals surface area contributed by atoms with Gasteiger partial charge in [-0.15, -0.1) is 0 Å². The summed E-state index contributed by atoms with van der Waals surface area (Å²) in [6.45, 7) is 0.673. The molecule has 0 bridgehead atoms. The minimum atomic E-state index is -1.98. The van der Waals surface area contributed by atoms with E-state index in [0.717, 1.165) is 25.7 Å². The Bertz CT molecular complexity index is 1320. The number of ether oxygens (including phenoxy) is 6. The Morgan fingerprint density at radius 2 is 0.984 bits per heavy atom. The number of unbranched alkanes of at least 4 members (excludes halogenated alkanes) is 11. The van der Waals surface area contributed by atoms with Crippen molar-refractivity contribution in [3.8, 4) is 0 Å². The van der Waals surface area contributed by atoms with Crippen LogP contribution in [0.4, 0.5) is 0 Å². The lowest BCUT2D eigenvalue weighted by Gasteiger charge is -2.48. The molecule has 19 nitrogen and oxygen atoms in total. The van der Waals surface area contributed by atoms with Crippen molar-refractivity contribution >= 4 is 5.91 Å². The van der Waals surface area contributed by atoms with Crippen LogP contribution < -0.4 is 5.32 Å². The smallest absolute Gasteiger partial charge is 0.217 e. The monoisotopic (exact) mass is 908 g/mol. The van der Waals surface area contributed by atoms with Gasteiger partial charge in [-0.05, 0) is 38.5 Å². The van der Waals surface area contributed by atoms with E-state index in [1.165, 1.54) is 70.8 Å². The first-order valence-corrected chi connectivity index (χ1v) is 22.7. The number of allylic oxidation sites excluding steroid dienone is 5. The third-order valence-corrected chi connectivity index (χ3v) is 11.5. The van der Waals surface area contributed by atoms with Crippen molar-refractivity contribution in [3.05, 3.63) is 36.5 Å². The molecule has 3 rings (SSSR count). The molecular formula is C44H77NO18. The highest BCUT2D eigenvalue weighted by Gasteiger charge is 2.53. The van der Waals surface area contributed by atoms with Gasteiger partial charge < -0.3 is 89.9 Å². The zero-order valence-electron chi connectivity index (χ0n) is 36.8. The number of amides is 1. The molecular weight excluding hydrogens is 830 g/mol. The van der Waals surface area contributed by atoms with Crippen molar-refractivity contribution in [1.29, 1.82) is 0 Å². The zero-order valence-corrected chi connectivity index (χ0v) is 36.8. The molecule has 17 unspecified atom stereocenters. The number of carbonyl (C=O) groups excluding carboxylic acids is 1. The quantitative estimate of drug-likeness (QED) is 0.0332. The number of nitrogens with one attached hydrogen (secondary N) is 1. The molecule has 1 amide bonds. The molecule has 17 atom stereocenters. The molecule has 12 N–H and O–H groups in total. The fourth-order valence-corrected chi connectivity index (χ4v) is 7.67. The average Bonchev–Trinajstić information content (AvgIpc) is 3.27. The van der Waals surface area contributed by atoms with Gasteiger partial charge in [0.05, 0.1) is 38.6 Å². The number of rotatable bonds is 29. The van der Waals surface area contributed by atoms with Crippen LogP contribution in [0.3, 0.4) is 0 Å². The first-order chi connectivity index (χ1) is 30.3. The van der Waals surface area contributed by atoms with Crippen molar-refractivity contribution < 1.29 is 89.4 Å². The summed E-state index contributed by atoms with van der Waals surface area (Å²) in [5, 5.41) is 118. The van der Waals surface area contributed by atoms with Crippen LogP contribution in [-0.4, -0.2) is 193 Å². The molecule has 63 heavy (non-hydrogen) atoms. The van der Waals surface area contributed by atoms with Crippen LogP contribution in [0.1, 0.15) is 104 Å². The van der Waals surface area contributed by atoms with E-state index < -0.39 is 130 Å². The van der Waals surface area contributed by atoms with E-state index in [1.54, 1.807) is 6.08 Å². The van der Waals surface area contributed by atoms with E-state index in [1.807, 2.05) is 0 Å². The van der Waals surface area contributed by atoms with Crippen LogP contribution in [0, 0.1) is 0 Å². The first-order valence-electron chi connectivity index (χ1n) is 22.7.